The van der Waals surface area contributed by atoms with Crippen molar-refractivity contribution in [1.82, 2.24) is 9.55 Å². The molecular weight excluding hydrogens is 266 g/mol. The molecule has 0 aliphatic carbocycles. The molecule has 18 heavy (non-hydrogen) atoms. The highest BCUT2D eigenvalue weighted by Gasteiger charge is 2.16. The van der Waals surface area contributed by atoms with E-state index in [9.17, 15) is 0 Å². The first-order valence-corrected chi connectivity index (χ1v) is 7.75. The third-order valence-electron chi connectivity index (χ3n) is 3.25. The Hall–Kier alpha value is -0.870. The van der Waals surface area contributed by atoms with Gasteiger partial charge in [0, 0.05) is 11.1 Å². The molecule has 0 saturated carbocycles. The number of nitrogen functional groups attached to an aromatic ring is 1. The van der Waals surface area contributed by atoms with Crippen LogP contribution in [0.1, 0.15) is 24.9 Å². The topological polar surface area (TPSA) is 43.8 Å². The normalized spacial score (nSPS) is 13.1. The fourth-order valence-corrected chi connectivity index (χ4v) is 2.94. The molecule has 0 radical (unpaired) electrons. The standard InChI is InChI=1S/C13H18ClN3S/c1-8(6-7-18-3)17-12-9(2)10(14)4-5-11(12)16-13(17)15/h4-5,8H,6-7H2,1-3H3,(H2,15,16). The summed E-state index contributed by atoms with van der Waals surface area (Å²) < 4.78 is 2.10. The largest absolute Gasteiger partial charge is 0.369 e. The summed E-state index contributed by atoms with van der Waals surface area (Å²) in [6, 6.07) is 4.14. The molecule has 2 aromatic rings. The van der Waals surface area contributed by atoms with E-state index in [-0.39, 0.29) is 0 Å². The number of fused-ring (bicyclic) bond motifs is 1. The highest BCUT2D eigenvalue weighted by Crippen LogP contribution is 2.31. The van der Waals surface area contributed by atoms with Gasteiger partial charge in [0.05, 0.1) is 11.0 Å². The Morgan fingerprint density at radius 3 is 2.89 bits per heavy atom. The number of hydrogen-bond acceptors (Lipinski definition) is 3. The molecule has 0 amide bonds. The first-order chi connectivity index (χ1) is 8.56. The molecule has 0 bridgehead atoms. The van der Waals surface area contributed by atoms with E-state index in [4.69, 9.17) is 17.3 Å². The van der Waals surface area contributed by atoms with E-state index in [1.807, 2.05) is 30.8 Å². The quantitative estimate of drug-likeness (QED) is 0.926. The number of anilines is 1. The Labute approximate surface area is 117 Å². The summed E-state index contributed by atoms with van der Waals surface area (Å²) in [7, 11) is 0. The van der Waals surface area contributed by atoms with Crippen LogP contribution in [0.2, 0.25) is 5.02 Å². The van der Waals surface area contributed by atoms with Gasteiger partial charge < -0.3 is 10.3 Å². The number of imidazole rings is 1. The van der Waals surface area contributed by atoms with Crippen molar-refractivity contribution in [3.05, 3.63) is 22.7 Å². The van der Waals surface area contributed by atoms with Crippen molar-refractivity contribution >= 4 is 40.3 Å². The van der Waals surface area contributed by atoms with Gasteiger partial charge in [-0.15, -0.1) is 0 Å². The number of halogens is 1. The molecule has 2 N–H and O–H groups in total. The molecule has 98 valence electrons. The molecule has 0 aliphatic rings. The third-order valence-corrected chi connectivity index (χ3v) is 4.30. The predicted molar refractivity (Wildman–Crippen MR) is 81.6 cm³/mol. The van der Waals surface area contributed by atoms with Gasteiger partial charge in [-0.3, -0.25) is 0 Å². The van der Waals surface area contributed by atoms with E-state index >= 15 is 0 Å². The molecule has 0 aliphatic heterocycles. The van der Waals surface area contributed by atoms with Gasteiger partial charge in [0.1, 0.15) is 0 Å². The second-order valence-corrected chi connectivity index (χ2v) is 5.90. The minimum atomic E-state index is 0.333. The summed E-state index contributed by atoms with van der Waals surface area (Å²) in [4.78, 5) is 4.42. The fraction of sp³-hybridized carbons (Fsp3) is 0.462. The molecule has 5 heteroatoms. The van der Waals surface area contributed by atoms with Crippen molar-refractivity contribution in [3.8, 4) is 0 Å². The first kappa shape index (κ1) is 13.6. The maximum atomic E-state index is 6.19. The molecule has 0 spiro atoms. The lowest BCUT2D eigenvalue weighted by Crippen LogP contribution is -2.10. The second-order valence-electron chi connectivity index (χ2n) is 4.51. The molecule has 0 fully saturated rings. The smallest absolute Gasteiger partial charge is 0.201 e. The van der Waals surface area contributed by atoms with Gasteiger partial charge in [0.15, 0.2) is 0 Å². The summed E-state index contributed by atoms with van der Waals surface area (Å²) in [5.74, 6) is 1.68. The average Bonchev–Trinajstić information content (AvgIpc) is 2.68. The van der Waals surface area contributed by atoms with E-state index in [0.717, 1.165) is 33.8 Å². The summed E-state index contributed by atoms with van der Waals surface area (Å²) in [5, 5.41) is 0.765. The number of benzene rings is 1. The van der Waals surface area contributed by atoms with Crippen molar-refractivity contribution in [3.63, 3.8) is 0 Å². The zero-order chi connectivity index (χ0) is 13.3. The van der Waals surface area contributed by atoms with Gasteiger partial charge in [-0.25, -0.2) is 4.98 Å². The maximum absolute atomic E-state index is 6.19. The molecule has 1 heterocycles. The first-order valence-electron chi connectivity index (χ1n) is 5.97. The lowest BCUT2D eigenvalue weighted by Gasteiger charge is -2.16. The molecule has 0 saturated heterocycles. The van der Waals surface area contributed by atoms with Crippen LogP contribution in [0, 0.1) is 6.92 Å². The van der Waals surface area contributed by atoms with Crippen molar-refractivity contribution in [2.45, 2.75) is 26.3 Å². The van der Waals surface area contributed by atoms with Gasteiger partial charge in [-0.1, -0.05) is 11.6 Å². The zero-order valence-corrected chi connectivity index (χ0v) is 12.5. The van der Waals surface area contributed by atoms with E-state index in [0.29, 0.717) is 12.0 Å². The second kappa shape index (κ2) is 5.41. The van der Waals surface area contributed by atoms with Gasteiger partial charge >= 0.3 is 0 Å². The lowest BCUT2D eigenvalue weighted by molar-refractivity contribution is 0.555. The summed E-state index contributed by atoms with van der Waals surface area (Å²) in [6.45, 7) is 4.19. The summed E-state index contributed by atoms with van der Waals surface area (Å²) >= 11 is 8.04. The third kappa shape index (κ3) is 2.31. The SMILES string of the molecule is CSCCC(C)n1c(N)nc2ccc(Cl)c(C)c21. The van der Waals surface area contributed by atoms with Crippen molar-refractivity contribution in [2.24, 2.45) is 0 Å². The number of aromatic nitrogens is 2. The molecule has 1 atom stereocenters. The van der Waals surface area contributed by atoms with Crippen LogP contribution in [0.3, 0.4) is 0 Å². The van der Waals surface area contributed by atoms with Crippen LogP contribution in [-0.2, 0) is 0 Å². The van der Waals surface area contributed by atoms with Crippen LogP contribution < -0.4 is 5.73 Å². The van der Waals surface area contributed by atoms with Crippen LogP contribution >= 0.6 is 23.4 Å². The van der Waals surface area contributed by atoms with Gasteiger partial charge in [-0.2, -0.15) is 11.8 Å². The Balaban J connectivity index is 2.55. The Morgan fingerprint density at radius 1 is 1.50 bits per heavy atom. The van der Waals surface area contributed by atoms with Crippen molar-refractivity contribution < 1.29 is 0 Å². The average molecular weight is 284 g/mol. The Morgan fingerprint density at radius 2 is 2.22 bits per heavy atom. The highest BCUT2D eigenvalue weighted by atomic mass is 35.5. The van der Waals surface area contributed by atoms with Crippen LogP contribution in [0.15, 0.2) is 12.1 Å². The molecular formula is C13H18ClN3S. The lowest BCUT2D eigenvalue weighted by atomic mass is 10.2. The fourth-order valence-electron chi connectivity index (χ4n) is 2.21. The molecule has 2 rings (SSSR count). The molecule has 1 aromatic heterocycles. The summed E-state index contributed by atoms with van der Waals surface area (Å²) in [6.07, 6.45) is 3.19. The van der Waals surface area contributed by atoms with Gasteiger partial charge in [-0.05, 0) is 50.0 Å². The minimum absolute atomic E-state index is 0.333. The Kier molecular flexibility index (Phi) is 4.07. The van der Waals surface area contributed by atoms with E-state index < -0.39 is 0 Å². The molecule has 1 aromatic carbocycles. The number of nitrogens with two attached hydrogens (primary N) is 1. The monoisotopic (exact) mass is 283 g/mol. The summed E-state index contributed by atoms with van der Waals surface area (Å²) in [5.41, 5.74) is 9.08. The van der Waals surface area contributed by atoms with Gasteiger partial charge in [0.2, 0.25) is 5.95 Å². The number of hydrogen-bond donors (Lipinski definition) is 1. The van der Waals surface area contributed by atoms with Crippen LogP contribution in [-0.4, -0.2) is 21.6 Å². The number of rotatable bonds is 4. The Bertz CT molecular complexity index is 565. The minimum Gasteiger partial charge on any atom is -0.369 e. The maximum Gasteiger partial charge on any atom is 0.201 e. The van der Waals surface area contributed by atoms with E-state index in [1.54, 1.807) is 0 Å². The highest BCUT2D eigenvalue weighted by molar-refractivity contribution is 7.98. The number of nitrogens with zero attached hydrogens (tertiary/aromatic N) is 2. The van der Waals surface area contributed by atoms with Crippen LogP contribution in [0.5, 0.6) is 0 Å². The molecule has 3 nitrogen and oxygen atoms in total. The van der Waals surface area contributed by atoms with Crippen LogP contribution in [0.25, 0.3) is 11.0 Å². The van der Waals surface area contributed by atoms with Crippen molar-refractivity contribution in [1.29, 1.82) is 0 Å². The molecule has 1 unspecified atom stereocenters. The number of thioether (sulfide) groups is 1. The van der Waals surface area contributed by atoms with Crippen molar-refractivity contribution in [2.75, 3.05) is 17.7 Å². The van der Waals surface area contributed by atoms with E-state index in [2.05, 4.69) is 22.7 Å². The number of aryl methyl sites for hydroxylation is 1. The zero-order valence-electron chi connectivity index (χ0n) is 10.9. The van der Waals surface area contributed by atoms with E-state index in [1.165, 1.54) is 0 Å². The van der Waals surface area contributed by atoms with Gasteiger partial charge in [0.25, 0.3) is 0 Å². The predicted octanol–water partition coefficient (Wildman–Crippen LogP) is 3.89. The van der Waals surface area contributed by atoms with Crippen LogP contribution in [0.4, 0.5) is 5.95 Å².